The Morgan fingerprint density at radius 3 is 2.89 bits per heavy atom. The van der Waals surface area contributed by atoms with Gasteiger partial charge >= 0.3 is 0 Å². The van der Waals surface area contributed by atoms with Crippen LogP contribution in [0.1, 0.15) is 25.3 Å². The lowest BCUT2D eigenvalue weighted by molar-refractivity contribution is -0.0419. The first kappa shape index (κ1) is 13.4. The van der Waals surface area contributed by atoms with Gasteiger partial charge in [0.05, 0.1) is 5.60 Å². The first-order chi connectivity index (χ1) is 8.55. The van der Waals surface area contributed by atoms with Crippen LogP contribution in [-0.4, -0.2) is 23.8 Å². The summed E-state index contributed by atoms with van der Waals surface area (Å²) in [5.41, 5.74) is -0.502. The van der Waals surface area contributed by atoms with Gasteiger partial charge in [-0.3, -0.25) is 0 Å². The van der Waals surface area contributed by atoms with Gasteiger partial charge in [-0.2, -0.15) is 0 Å². The van der Waals surface area contributed by atoms with Crippen molar-refractivity contribution in [3.8, 4) is 0 Å². The van der Waals surface area contributed by atoms with E-state index in [1.165, 1.54) is 12.1 Å². The van der Waals surface area contributed by atoms with Crippen molar-refractivity contribution in [2.75, 3.05) is 13.1 Å². The summed E-state index contributed by atoms with van der Waals surface area (Å²) in [7, 11) is 0. The maximum absolute atomic E-state index is 13.6. The molecule has 1 saturated heterocycles. The molecule has 1 aromatic carbocycles. The summed E-state index contributed by atoms with van der Waals surface area (Å²) in [6, 6.07) is 3.54. The van der Waals surface area contributed by atoms with Gasteiger partial charge < -0.3 is 10.4 Å². The van der Waals surface area contributed by atoms with Crippen molar-refractivity contribution in [1.29, 1.82) is 0 Å². The summed E-state index contributed by atoms with van der Waals surface area (Å²) in [6.45, 7) is 3.50. The van der Waals surface area contributed by atoms with Gasteiger partial charge in [-0.15, -0.1) is 0 Å². The van der Waals surface area contributed by atoms with E-state index >= 15 is 0 Å². The van der Waals surface area contributed by atoms with Gasteiger partial charge in [0.2, 0.25) is 0 Å². The normalized spacial score (nSPS) is 28.3. The molecule has 1 aromatic rings. The summed E-state index contributed by atoms with van der Waals surface area (Å²) >= 11 is 0. The Morgan fingerprint density at radius 2 is 2.22 bits per heavy atom. The van der Waals surface area contributed by atoms with E-state index in [1.54, 1.807) is 0 Å². The van der Waals surface area contributed by atoms with E-state index in [9.17, 15) is 13.9 Å². The van der Waals surface area contributed by atoms with Gasteiger partial charge in [-0.25, -0.2) is 8.78 Å². The van der Waals surface area contributed by atoms with E-state index in [4.69, 9.17) is 0 Å². The van der Waals surface area contributed by atoms with Crippen LogP contribution in [0.3, 0.4) is 0 Å². The van der Waals surface area contributed by atoms with Crippen LogP contribution in [0.15, 0.2) is 18.2 Å². The molecular formula is C14H19F2NO. The molecule has 0 aliphatic carbocycles. The van der Waals surface area contributed by atoms with Gasteiger partial charge in [-0.1, -0.05) is 13.0 Å². The van der Waals surface area contributed by atoms with E-state index in [2.05, 4.69) is 5.32 Å². The zero-order valence-electron chi connectivity index (χ0n) is 10.5. The summed E-state index contributed by atoms with van der Waals surface area (Å²) in [5.74, 6) is -1.05. The number of aliphatic hydroxyl groups is 1. The molecule has 0 amide bonds. The molecule has 2 rings (SSSR count). The summed E-state index contributed by atoms with van der Waals surface area (Å²) < 4.78 is 26.5. The van der Waals surface area contributed by atoms with Crippen molar-refractivity contribution in [3.05, 3.63) is 35.4 Å². The smallest absolute Gasteiger partial charge is 0.129 e. The number of benzene rings is 1. The molecule has 2 nitrogen and oxygen atoms in total. The predicted octanol–water partition coefficient (Wildman–Crippen LogP) is 2.26. The number of rotatable bonds is 3. The number of piperidine rings is 1. The van der Waals surface area contributed by atoms with Crippen molar-refractivity contribution in [2.45, 2.75) is 31.8 Å². The number of nitrogens with one attached hydrogen (secondary N) is 1. The van der Waals surface area contributed by atoms with E-state index in [0.717, 1.165) is 25.6 Å². The third kappa shape index (κ3) is 2.70. The first-order valence-corrected chi connectivity index (χ1v) is 6.42. The molecule has 4 heteroatoms. The first-order valence-electron chi connectivity index (χ1n) is 6.42. The maximum atomic E-state index is 13.6. The zero-order valence-corrected chi connectivity index (χ0v) is 10.5. The Hall–Kier alpha value is -1.00. The molecule has 1 aliphatic rings. The van der Waals surface area contributed by atoms with Crippen LogP contribution >= 0.6 is 0 Å². The van der Waals surface area contributed by atoms with Crippen molar-refractivity contribution in [2.24, 2.45) is 5.92 Å². The number of hydrogen-bond donors (Lipinski definition) is 2. The SMILES string of the molecule is CCC1CNCCC1(O)Cc1ccc(F)cc1F. The third-order valence-corrected chi connectivity index (χ3v) is 3.89. The number of hydrogen-bond acceptors (Lipinski definition) is 2. The molecule has 0 bridgehead atoms. The quantitative estimate of drug-likeness (QED) is 0.868. The van der Waals surface area contributed by atoms with Crippen molar-refractivity contribution >= 4 is 0 Å². The largest absolute Gasteiger partial charge is 0.389 e. The van der Waals surface area contributed by atoms with E-state index in [1.807, 2.05) is 6.92 Å². The maximum Gasteiger partial charge on any atom is 0.129 e. The van der Waals surface area contributed by atoms with Gasteiger partial charge in [-0.05, 0) is 31.0 Å². The van der Waals surface area contributed by atoms with Gasteiger partial charge in [0, 0.05) is 24.9 Å². The Bertz CT molecular complexity index is 424. The standard InChI is InChI=1S/C14H19F2NO/c1-2-11-9-17-6-5-14(11,18)8-10-3-4-12(15)7-13(10)16/h3-4,7,11,17-18H,2,5-6,8-9H2,1H3. The lowest BCUT2D eigenvalue weighted by Gasteiger charge is -2.40. The minimum absolute atomic E-state index is 0.107. The van der Waals surface area contributed by atoms with Crippen LogP contribution < -0.4 is 5.32 Å². The minimum Gasteiger partial charge on any atom is -0.389 e. The van der Waals surface area contributed by atoms with Gasteiger partial charge in [0.25, 0.3) is 0 Å². The van der Waals surface area contributed by atoms with Crippen LogP contribution in [-0.2, 0) is 6.42 Å². The molecule has 1 aliphatic heterocycles. The predicted molar refractivity (Wildman–Crippen MR) is 66.3 cm³/mol. The summed E-state index contributed by atoms with van der Waals surface area (Å²) in [6.07, 6.45) is 1.69. The molecule has 1 heterocycles. The van der Waals surface area contributed by atoms with E-state index < -0.39 is 17.2 Å². The minimum atomic E-state index is -0.890. The van der Waals surface area contributed by atoms with Gasteiger partial charge in [0.1, 0.15) is 11.6 Å². The zero-order chi connectivity index (χ0) is 13.2. The Labute approximate surface area is 106 Å². The fourth-order valence-corrected chi connectivity index (χ4v) is 2.73. The molecule has 0 spiro atoms. The monoisotopic (exact) mass is 255 g/mol. The molecule has 0 aromatic heterocycles. The van der Waals surface area contributed by atoms with Crippen LogP contribution in [0.2, 0.25) is 0 Å². The van der Waals surface area contributed by atoms with Crippen molar-refractivity contribution < 1.29 is 13.9 Å². The average molecular weight is 255 g/mol. The molecule has 2 N–H and O–H groups in total. The number of halogens is 2. The van der Waals surface area contributed by atoms with Gasteiger partial charge in [0.15, 0.2) is 0 Å². The molecule has 1 fully saturated rings. The second kappa shape index (κ2) is 5.33. The molecule has 0 radical (unpaired) electrons. The Kier molecular flexibility index (Phi) is 3.97. The van der Waals surface area contributed by atoms with Crippen LogP contribution in [0.25, 0.3) is 0 Å². The van der Waals surface area contributed by atoms with E-state index in [-0.39, 0.29) is 12.3 Å². The third-order valence-electron chi connectivity index (χ3n) is 3.89. The summed E-state index contributed by atoms with van der Waals surface area (Å²) in [4.78, 5) is 0. The van der Waals surface area contributed by atoms with Crippen LogP contribution in [0.5, 0.6) is 0 Å². The van der Waals surface area contributed by atoms with Crippen molar-refractivity contribution in [1.82, 2.24) is 5.32 Å². The molecule has 18 heavy (non-hydrogen) atoms. The molecule has 100 valence electrons. The van der Waals surface area contributed by atoms with Crippen LogP contribution in [0, 0.1) is 17.6 Å². The highest BCUT2D eigenvalue weighted by atomic mass is 19.1. The lowest BCUT2D eigenvalue weighted by Crippen LogP contribution is -2.51. The highest BCUT2D eigenvalue weighted by Crippen LogP contribution is 2.31. The average Bonchev–Trinajstić information content (AvgIpc) is 2.33. The Balaban J connectivity index is 2.20. The molecular weight excluding hydrogens is 236 g/mol. The lowest BCUT2D eigenvalue weighted by atomic mass is 9.76. The Morgan fingerprint density at radius 1 is 1.44 bits per heavy atom. The second-order valence-electron chi connectivity index (χ2n) is 5.08. The fraction of sp³-hybridized carbons (Fsp3) is 0.571. The topological polar surface area (TPSA) is 32.3 Å². The second-order valence-corrected chi connectivity index (χ2v) is 5.08. The molecule has 2 unspecified atom stereocenters. The van der Waals surface area contributed by atoms with E-state index in [0.29, 0.717) is 12.0 Å². The van der Waals surface area contributed by atoms with Crippen molar-refractivity contribution in [3.63, 3.8) is 0 Å². The molecule has 0 saturated carbocycles. The van der Waals surface area contributed by atoms with Crippen LogP contribution in [0.4, 0.5) is 8.78 Å². The highest BCUT2D eigenvalue weighted by molar-refractivity contribution is 5.21. The molecule has 2 atom stereocenters. The summed E-state index contributed by atoms with van der Waals surface area (Å²) in [5, 5.41) is 13.9. The highest BCUT2D eigenvalue weighted by Gasteiger charge is 2.38. The fourth-order valence-electron chi connectivity index (χ4n) is 2.73.